The van der Waals surface area contributed by atoms with Crippen LogP contribution in [0.3, 0.4) is 0 Å². The van der Waals surface area contributed by atoms with E-state index < -0.39 is 5.41 Å². The lowest BCUT2D eigenvalue weighted by molar-refractivity contribution is -0.150. The van der Waals surface area contributed by atoms with Crippen molar-refractivity contribution in [2.75, 3.05) is 6.61 Å². The number of ether oxygens (including phenoxy) is 1. The summed E-state index contributed by atoms with van der Waals surface area (Å²) in [7, 11) is 0. The molecule has 4 heteroatoms. The molecule has 2 saturated carbocycles. The minimum Gasteiger partial charge on any atom is -0.466 e. The van der Waals surface area contributed by atoms with Gasteiger partial charge in [-0.25, -0.2) is 0 Å². The molecule has 0 aromatic heterocycles. The first-order valence-electron chi connectivity index (χ1n) is 9.23. The Bertz CT molecular complexity index is 448. The Kier molecular flexibility index (Phi) is 6.37. The fraction of sp³-hybridized carbons (Fsp3) is 0.842. The molecular formula is C19H30O4. The minimum atomic E-state index is -0.471. The van der Waals surface area contributed by atoms with Gasteiger partial charge in [-0.05, 0) is 39.0 Å². The van der Waals surface area contributed by atoms with Gasteiger partial charge in [0.2, 0.25) is 11.6 Å². The topological polar surface area (TPSA) is 60.4 Å². The van der Waals surface area contributed by atoms with Crippen molar-refractivity contribution in [3.8, 4) is 0 Å². The zero-order valence-electron chi connectivity index (χ0n) is 14.6. The smallest absolute Gasteiger partial charge is 0.308 e. The van der Waals surface area contributed by atoms with Gasteiger partial charge in [-0.15, -0.1) is 0 Å². The lowest BCUT2D eigenvalue weighted by Crippen LogP contribution is -2.39. The van der Waals surface area contributed by atoms with Gasteiger partial charge in [0.15, 0.2) is 0 Å². The van der Waals surface area contributed by atoms with Gasteiger partial charge in [0.1, 0.15) is 0 Å². The second-order valence-corrected chi connectivity index (χ2v) is 7.48. The summed E-state index contributed by atoms with van der Waals surface area (Å²) >= 11 is 0. The molecule has 0 heterocycles. The van der Waals surface area contributed by atoms with Crippen LogP contribution in [0.4, 0.5) is 0 Å². The third-order valence-corrected chi connectivity index (χ3v) is 5.64. The highest BCUT2D eigenvalue weighted by molar-refractivity contribution is 6.39. The standard InChI is InChI=1S/C19H30O4/c1-3-23-18(22)15-10-6-5-9-14(13-15)16(20)17(21)19(2)11-7-4-8-12-19/h14-15H,3-13H2,1-2H3/t14?,15-/m1/s1. The summed E-state index contributed by atoms with van der Waals surface area (Å²) < 4.78 is 5.13. The molecule has 2 rings (SSSR count). The molecule has 0 spiro atoms. The molecule has 0 bridgehead atoms. The molecule has 4 nitrogen and oxygen atoms in total. The van der Waals surface area contributed by atoms with Crippen molar-refractivity contribution in [3.63, 3.8) is 0 Å². The van der Waals surface area contributed by atoms with Crippen LogP contribution in [0.2, 0.25) is 0 Å². The summed E-state index contributed by atoms with van der Waals surface area (Å²) in [5, 5.41) is 0. The number of hydrogen-bond acceptors (Lipinski definition) is 4. The third kappa shape index (κ3) is 4.42. The van der Waals surface area contributed by atoms with E-state index in [1.807, 2.05) is 6.92 Å². The Morgan fingerprint density at radius 3 is 2.17 bits per heavy atom. The molecular weight excluding hydrogens is 292 g/mol. The zero-order valence-corrected chi connectivity index (χ0v) is 14.6. The Labute approximate surface area is 139 Å². The number of hydrogen-bond donors (Lipinski definition) is 0. The molecule has 2 fully saturated rings. The van der Waals surface area contributed by atoms with Crippen molar-refractivity contribution in [2.45, 2.75) is 78.1 Å². The molecule has 0 N–H and O–H groups in total. The predicted molar refractivity (Wildman–Crippen MR) is 87.9 cm³/mol. The number of esters is 1. The van der Waals surface area contributed by atoms with Crippen molar-refractivity contribution in [1.82, 2.24) is 0 Å². The average Bonchev–Trinajstić information content (AvgIpc) is 2.80. The van der Waals surface area contributed by atoms with Gasteiger partial charge in [0.25, 0.3) is 0 Å². The Hall–Kier alpha value is -1.19. The molecule has 0 aliphatic heterocycles. The maximum absolute atomic E-state index is 12.8. The number of carbonyl (C=O) groups excluding carboxylic acids is 3. The normalized spacial score (nSPS) is 27.7. The summed E-state index contributed by atoms with van der Waals surface area (Å²) in [6.07, 6.45) is 8.71. The molecule has 2 atom stereocenters. The lowest BCUT2D eigenvalue weighted by Gasteiger charge is -2.32. The maximum Gasteiger partial charge on any atom is 0.308 e. The molecule has 0 amide bonds. The number of carbonyl (C=O) groups is 3. The van der Waals surface area contributed by atoms with Gasteiger partial charge in [-0.2, -0.15) is 0 Å². The highest BCUT2D eigenvalue weighted by Gasteiger charge is 2.42. The van der Waals surface area contributed by atoms with E-state index in [1.165, 1.54) is 0 Å². The highest BCUT2D eigenvalue weighted by atomic mass is 16.5. The quantitative estimate of drug-likeness (QED) is 0.438. The van der Waals surface area contributed by atoms with Crippen LogP contribution < -0.4 is 0 Å². The highest BCUT2D eigenvalue weighted by Crippen LogP contribution is 2.39. The minimum absolute atomic E-state index is 0.188. The van der Waals surface area contributed by atoms with E-state index in [-0.39, 0.29) is 29.4 Å². The second-order valence-electron chi connectivity index (χ2n) is 7.48. The largest absolute Gasteiger partial charge is 0.466 e. The summed E-state index contributed by atoms with van der Waals surface area (Å²) in [5.74, 6) is -1.14. The second kappa shape index (κ2) is 8.07. The van der Waals surface area contributed by atoms with Crippen LogP contribution in [0, 0.1) is 17.3 Å². The lowest BCUT2D eigenvalue weighted by atomic mass is 9.69. The first-order chi connectivity index (χ1) is 11.0. The van der Waals surface area contributed by atoms with Crippen LogP contribution in [0.15, 0.2) is 0 Å². The van der Waals surface area contributed by atoms with Crippen molar-refractivity contribution in [1.29, 1.82) is 0 Å². The van der Waals surface area contributed by atoms with Crippen LogP contribution in [0.5, 0.6) is 0 Å². The monoisotopic (exact) mass is 322 g/mol. The molecule has 2 aliphatic rings. The Balaban J connectivity index is 2.04. The zero-order chi connectivity index (χ0) is 16.9. The number of Topliss-reactive ketones (excluding diaryl/α,β-unsaturated/α-hetero) is 2. The molecule has 0 saturated heterocycles. The average molecular weight is 322 g/mol. The summed E-state index contributed by atoms with van der Waals surface area (Å²) in [6, 6.07) is 0. The number of ketones is 2. The Morgan fingerprint density at radius 1 is 0.957 bits per heavy atom. The van der Waals surface area contributed by atoms with E-state index in [0.29, 0.717) is 13.0 Å². The van der Waals surface area contributed by atoms with Crippen LogP contribution >= 0.6 is 0 Å². The SMILES string of the molecule is CCOC(=O)[C@@H]1CCCCC(C(=O)C(=O)C2(C)CCCCC2)C1. The fourth-order valence-electron chi connectivity index (χ4n) is 4.11. The van der Waals surface area contributed by atoms with E-state index in [9.17, 15) is 14.4 Å². The van der Waals surface area contributed by atoms with Crippen LogP contribution in [-0.4, -0.2) is 24.1 Å². The van der Waals surface area contributed by atoms with Crippen LogP contribution in [0.25, 0.3) is 0 Å². The molecule has 130 valence electrons. The van der Waals surface area contributed by atoms with Gasteiger partial charge < -0.3 is 4.74 Å². The van der Waals surface area contributed by atoms with Crippen molar-refractivity contribution in [3.05, 3.63) is 0 Å². The van der Waals surface area contributed by atoms with E-state index in [1.54, 1.807) is 6.92 Å². The van der Waals surface area contributed by atoms with E-state index in [0.717, 1.165) is 57.8 Å². The van der Waals surface area contributed by atoms with E-state index >= 15 is 0 Å². The van der Waals surface area contributed by atoms with E-state index in [4.69, 9.17) is 4.74 Å². The molecule has 2 aliphatic carbocycles. The molecule has 1 unspecified atom stereocenters. The summed E-state index contributed by atoms with van der Waals surface area (Å²) in [4.78, 5) is 37.6. The fourth-order valence-corrected chi connectivity index (χ4v) is 4.11. The first kappa shape index (κ1) is 18.2. The molecule has 23 heavy (non-hydrogen) atoms. The van der Waals surface area contributed by atoms with Crippen molar-refractivity contribution >= 4 is 17.5 Å². The van der Waals surface area contributed by atoms with Crippen molar-refractivity contribution in [2.24, 2.45) is 17.3 Å². The van der Waals surface area contributed by atoms with Gasteiger partial charge in [0.05, 0.1) is 12.5 Å². The van der Waals surface area contributed by atoms with Gasteiger partial charge in [-0.1, -0.05) is 39.0 Å². The first-order valence-corrected chi connectivity index (χ1v) is 9.23. The third-order valence-electron chi connectivity index (χ3n) is 5.64. The van der Waals surface area contributed by atoms with Gasteiger partial charge >= 0.3 is 5.97 Å². The summed E-state index contributed by atoms with van der Waals surface area (Å²) in [5.41, 5.74) is -0.471. The predicted octanol–water partition coefficient (Wildman–Crippen LogP) is 3.85. The maximum atomic E-state index is 12.8. The van der Waals surface area contributed by atoms with Crippen molar-refractivity contribution < 1.29 is 19.1 Å². The Morgan fingerprint density at radius 2 is 1.57 bits per heavy atom. The molecule has 0 radical (unpaired) electrons. The van der Waals surface area contributed by atoms with Gasteiger partial charge in [-0.3, -0.25) is 14.4 Å². The summed E-state index contributed by atoms with van der Waals surface area (Å²) in [6.45, 7) is 4.11. The van der Waals surface area contributed by atoms with Crippen LogP contribution in [0.1, 0.15) is 78.1 Å². The molecule has 0 aromatic carbocycles. The molecule has 0 aromatic rings. The van der Waals surface area contributed by atoms with Crippen LogP contribution in [-0.2, 0) is 19.1 Å². The number of rotatable bonds is 5. The van der Waals surface area contributed by atoms with E-state index in [2.05, 4.69) is 0 Å². The van der Waals surface area contributed by atoms with Gasteiger partial charge in [0, 0.05) is 11.3 Å².